The van der Waals surface area contributed by atoms with Gasteiger partial charge in [-0.15, -0.1) is 0 Å². The molecule has 1 N–H and O–H groups in total. The van der Waals surface area contributed by atoms with E-state index < -0.39 is 0 Å². The molecule has 0 aliphatic carbocycles. The Morgan fingerprint density at radius 1 is 1.12 bits per heavy atom. The number of hydrogen-bond donors (Lipinski definition) is 1. The van der Waals surface area contributed by atoms with Crippen molar-refractivity contribution in [3.05, 3.63) is 66.0 Å². The van der Waals surface area contributed by atoms with Crippen molar-refractivity contribution in [1.29, 1.82) is 0 Å². The third kappa shape index (κ3) is 2.85. The molecule has 2 heterocycles. The number of aryl methyl sites for hydroxylation is 2. The number of fused-ring (bicyclic) bond motifs is 2. The molecule has 5 nitrogen and oxygen atoms in total. The number of carbonyl (C=O) groups is 1. The standard InChI is InChI=1S/C20H18N4O/c1-13-18-11-16(12-21-20(18)24(2)23-13)22-19(25)10-15-8-5-7-14-6-3-4-9-17(14)15/h3-9,11-12H,10H2,1-2H3,(H,22,25). The Kier molecular flexibility index (Phi) is 3.69. The number of nitrogens with zero attached hydrogens (tertiary/aromatic N) is 3. The van der Waals surface area contributed by atoms with Gasteiger partial charge < -0.3 is 5.32 Å². The van der Waals surface area contributed by atoms with Crippen LogP contribution in [0.25, 0.3) is 21.8 Å². The molecule has 0 fully saturated rings. The van der Waals surface area contributed by atoms with Crippen LogP contribution in [0.4, 0.5) is 5.69 Å². The van der Waals surface area contributed by atoms with Gasteiger partial charge >= 0.3 is 0 Å². The molecular formula is C20H18N4O. The highest BCUT2D eigenvalue weighted by molar-refractivity contribution is 5.97. The molecule has 0 saturated carbocycles. The minimum absolute atomic E-state index is 0.0564. The van der Waals surface area contributed by atoms with E-state index in [1.165, 1.54) is 0 Å². The van der Waals surface area contributed by atoms with Crippen molar-refractivity contribution in [2.24, 2.45) is 7.05 Å². The van der Waals surface area contributed by atoms with Gasteiger partial charge in [-0.05, 0) is 29.3 Å². The monoisotopic (exact) mass is 330 g/mol. The highest BCUT2D eigenvalue weighted by Gasteiger charge is 2.10. The Morgan fingerprint density at radius 3 is 2.80 bits per heavy atom. The maximum absolute atomic E-state index is 12.5. The SMILES string of the molecule is Cc1nn(C)c2ncc(NC(=O)Cc3cccc4ccccc34)cc12. The molecule has 25 heavy (non-hydrogen) atoms. The van der Waals surface area contributed by atoms with Crippen LogP contribution in [0, 0.1) is 6.92 Å². The first-order chi connectivity index (χ1) is 12.1. The fourth-order valence-corrected chi connectivity index (χ4v) is 3.20. The molecule has 0 saturated heterocycles. The highest BCUT2D eigenvalue weighted by atomic mass is 16.1. The number of amides is 1. The lowest BCUT2D eigenvalue weighted by Gasteiger charge is -2.08. The molecule has 0 aliphatic heterocycles. The molecule has 0 bridgehead atoms. The molecule has 4 rings (SSSR count). The van der Waals surface area contributed by atoms with Crippen LogP contribution in [-0.2, 0) is 18.3 Å². The molecule has 4 aromatic rings. The summed E-state index contributed by atoms with van der Waals surface area (Å²) >= 11 is 0. The number of rotatable bonds is 3. The Bertz CT molecular complexity index is 1090. The van der Waals surface area contributed by atoms with Crippen LogP contribution in [0.15, 0.2) is 54.7 Å². The van der Waals surface area contributed by atoms with Crippen LogP contribution >= 0.6 is 0 Å². The highest BCUT2D eigenvalue weighted by Crippen LogP contribution is 2.21. The normalized spacial score (nSPS) is 11.1. The fourth-order valence-electron chi connectivity index (χ4n) is 3.20. The third-order valence-electron chi connectivity index (χ3n) is 4.38. The fraction of sp³-hybridized carbons (Fsp3) is 0.150. The Balaban J connectivity index is 1.59. The Morgan fingerprint density at radius 2 is 1.92 bits per heavy atom. The summed E-state index contributed by atoms with van der Waals surface area (Å²) < 4.78 is 1.74. The summed E-state index contributed by atoms with van der Waals surface area (Å²) in [4.78, 5) is 16.9. The van der Waals surface area contributed by atoms with Gasteiger partial charge in [0.25, 0.3) is 0 Å². The average Bonchev–Trinajstić information content (AvgIpc) is 2.89. The zero-order valence-electron chi connectivity index (χ0n) is 14.2. The minimum atomic E-state index is -0.0564. The summed E-state index contributed by atoms with van der Waals surface area (Å²) in [5.41, 5.74) is 3.41. The molecule has 0 unspecified atom stereocenters. The molecule has 5 heteroatoms. The predicted octanol–water partition coefficient (Wildman–Crippen LogP) is 3.61. The van der Waals surface area contributed by atoms with E-state index in [0.717, 1.165) is 33.1 Å². The zero-order chi connectivity index (χ0) is 17.4. The first kappa shape index (κ1) is 15.3. The molecular weight excluding hydrogens is 312 g/mol. The summed E-state index contributed by atoms with van der Waals surface area (Å²) in [7, 11) is 1.86. The van der Waals surface area contributed by atoms with Gasteiger partial charge in [-0.1, -0.05) is 42.5 Å². The van der Waals surface area contributed by atoms with Crippen molar-refractivity contribution >= 4 is 33.4 Å². The van der Waals surface area contributed by atoms with Crippen LogP contribution in [0.2, 0.25) is 0 Å². The van der Waals surface area contributed by atoms with Gasteiger partial charge in [0.2, 0.25) is 5.91 Å². The van der Waals surface area contributed by atoms with Crippen molar-refractivity contribution in [1.82, 2.24) is 14.8 Å². The number of nitrogens with one attached hydrogen (secondary N) is 1. The van der Waals surface area contributed by atoms with E-state index in [4.69, 9.17) is 0 Å². The maximum Gasteiger partial charge on any atom is 0.228 e. The van der Waals surface area contributed by atoms with Crippen LogP contribution in [0.1, 0.15) is 11.3 Å². The second-order valence-electron chi connectivity index (χ2n) is 6.17. The largest absolute Gasteiger partial charge is 0.324 e. The van der Waals surface area contributed by atoms with E-state index in [2.05, 4.69) is 27.5 Å². The van der Waals surface area contributed by atoms with Gasteiger partial charge in [-0.25, -0.2) is 4.98 Å². The molecule has 1 amide bonds. The van der Waals surface area contributed by atoms with Gasteiger partial charge in [-0.2, -0.15) is 5.10 Å². The van der Waals surface area contributed by atoms with E-state index in [-0.39, 0.29) is 5.91 Å². The van der Waals surface area contributed by atoms with Crippen molar-refractivity contribution in [2.45, 2.75) is 13.3 Å². The topological polar surface area (TPSA) is 59.8 Å². The number of benzene rings is 2. The van der Waals surface area contributed by atoms with E-state index in [1.807, 2.05) is 50.4 Å². The van der Waals surface area contributed by atoms with Crippen molar-refractivity contribution < 1.29 is 4.79 Å². The summed E-state index contributed by atoms with van der Waals surface area (Å²) in [6.45, 7) is 1.94. The second-order valence-corrected chi connectivity index (χ2v) is 6.17. The molecule has 0 radical (unpaired) electrons. The lowest BCUT2D eigenvalue weighted by atomic mass is 10.0. The van der Waals surface area contributed by atoms with Gasteiger partial charge in [0.15, 0.2) is 5.65 Å². The first-order valence-corrected chi connectivity index (χ1v) is 8.17. The third-order valence-corrected chi connectivity index (χ3v) is 4.38. The second kappa shape index (κ2) is 6.02. The number of anilines is 1. The van der Waals surface area contributed by atoms with E-state index in [1.54, 1.807) is 10.9 Å². The van der Waals surface area contributed by atoms with Crippen molar-refractivity contribution in [2.75, 3.05) is 5.32 Å². The minimum Gasteiger partial charge on any atom is -0.324 e. The Hall–Kier alpha value is -3.21. The summed E-state index contributed by atoms with van der Waals surface area (Å²) in [5.74, 6) is -0.0564. The van der Waals surface area contributed by atoms with E-state index in [9.17, 15) is 4.79 Å². The number of pyridine rings is 1. The molecule has 0 spiro atoms. The number of aromatic nitrogens is 3. The van der Waals surface area contributed by atoms with Crippen molar-refractivity contribution in [3.63, 3.8) is 0 Å². The van der Waals surface area contributed by atoms with Gasteiger partial charge in [-0.3, -0.25) is 9.48 Å². The van der Waals surface area contributed by atoms with E-state index >= 15 is 0 Å². The lowest BCUT2D eigenvalue weighted by molar-refractivity contribution is -0.115. The molecule has 2 aromatic carbocycles. The van der Waals surface area contributed by atoms with E-state index in [0.29, 0.717) is 12.1 Å². The van der Waals surface area contributed by atoms with Crippen LogP contribution in [-0.4, -0.2) is 20.7 Å². The Labute approximate surface area is 145 Å². The predicted molar refractivity (Wildman–Crippen MR) is 99.5 cm³/mol. The average molecular weight is 330 g/mol. The van der Waals surface area contributed by atoms with Gasteiger partial charge in [0.1, 0.15) is 0 Å². The number of hydrogen-bond acceptors (Lipinski definition) is 3. The van der Waals surface area contributed by atoms with Gasteiger partial charge in [0, 0.05) is 12.4 Å². The van der Waals surface area contributed by atoms with Gasteiger partial charge in [0.05, 0.1) is 24.0 Å². The number of carbonyl (C=O) groups excluding carboxylic acids is 1. The van der Waals surface area contributed by atoms with Crippen molar-refractivity contribution in [3.8, 4) is 0 Å². The van der Waals surface area contributed by atoms with Crippen LogP contribution < -0.4 is 5.32 Å². The first-order valence-electron chi connectivity index (χ1n) is 8.17. The summed E-state index contributed by atoms with van der Waals surface area (Å²) in [5, 5.41) is 10.5. The quantitative estimate of drug-likeness (QED) is 0.624. The van der Waals surface area contributed by atoms with Crippen LogP contribution in [0.5, 0.6) is 0 Å². The molecule has 2 aromatic heterocycles. The summed E-state index contributed by atoms with van der Waals surface area (Å²) in [6.07, 6.45) is 2.00. The van der Waals surface area contributed by atoms with Crippen LogP contribution in [0.3, 0.4) is 0 Å². The molecule has 0 aliphatic rings. The maximum atomic E-state index is 12.5. The smallest absolute Gasteiger partial charge is 0.228 e. The molecule has 124 valence electrons. The molecule has 0 atom stereocenters. The summed E-state index contributed by atoms with van der Waals surface area (Å²) in [6, 6.07) is 16.1. The zero-order valence-corrected chi connectivity index (χ0v) is 14.2. The lowest BCUT2D eigenvalue weighted by Crippen LogP contribution is -2.14.